The monoisotopic (exact) mass is 894 g/mol. The van der Waals surface area contributed by atoms with Crippen LogP contribution in [0, 0.1) is 0 Å². The van der Waals surface area contributed by atoms with Gasteiger partial charge in [0.25, 0.3) is 20.2 Å². The van der Waals surface area contributed by atoms with E-state index in [1.165, 1.54) is 23.6 Å². The van der Waals surface area contributed by atoms with E-state index in [1.807, 2.05) is 54.6 Å². The van der Waals surface area contributed by atoms with E-state index in [-0.39, 0.29) is 23.6 Å². The highest BCUT2D eigenvalue weighted by atomic mass is 35.7. The molecular weight excluding hydrogens is 852 g/mol. The van der Waals surface area contributed by atoms with Crippen molar-refractivity contribution in [1.82, 2.24) is 24.4 Å². The molecule has 1 saturated heterocycles. The summed E-state index contributed by atoms with van der Waals surface area (Å²) in [5.74, 6) is 1.47. The zero-order valence-electron chi connectivity index (χ0n) is 32.9. The summed E-state index contributed by atoms with van der Waals surface area (Å²) in [6.45, 7) is -0.326. The maximum atomic E-state index is 12.8. The van der Waals surface area contributed by atoms with Gasteiger partial charge in [0, 0.05) is 24.8 Å². The van der Waals surface area contributed by atoms with E-state index in [0.29, 0.717) is 22.6 Å². The molecule has 5 aromatic rings. The zero-order chi connectivity index (χ0) is 43.2. The van der Waals surface area contributed by atoms with Gasteiger partial charge < -0.3 is 23.8 Å². The predicted octanol–water partition coefficient (Wildman–Crippen LogP) is 3.85. The summed E-state index contributed by atoms with van der Waals surface area (Å²) >= 11 is 0. The standard InChI is InChI=1S/C36H40N6O10S2.CH3ClO2S/c1-41(2)22-40-33-30-34(38-21-37-33)42(23-39-30)35-32(52-54(6,45)46)31(51-53(5,43)44)29(50-35)20-49-36(24-10-8-7-9-11-24,25-12-16-27(47-3)17-13-25)26-14-18-28(48-4)19-15-26;1-5(2,3)4/h7-19,21-23,29,31-32,35H,20H2,1-6H3;1H3/t29-,31-,32-,35-;/m1./s1. The minimum Gasteiger partial charge on any atom is -0.497 e. The van der Waals surface area contributed by atoms with Crippen molar-refractivity contribution in [2.24, 2.45) is 4.99 Å². The molecule has 1 aliphatic heterocycles. The maximum absolute atomic E-state index is 12.8. The highest BCUT2D eigenvalue weighted by molar-refractivity contribution is 8.13. The molecule has 0 N–H and O–H groups in total. The number of nitrogens with zero attached hydrogens (tertiary/aromatic N) is 6. The Morgan fingerprint density at radius 1 is 0.780 bits per heavy atom. The van der Waals surface area contributed by atoms with Crippen molar-refractivity contribution in [2.75, 3.05) is 53.7 Å². The van der Waals surface area contributed by atoms with Crippen LogP contribution in [-0.2, 0) is 52.7 Å². The molecule has 0 amide bonds. The molecule has 6 rings (SSSR count). The Morgan fingerprint density at radius 3 is 1.78 bits per heavy atom. The first-order chi connectivity index (χ1) is 27.7. The van der Waals surface area contributed by atoms with E-state index < -0.39 is 59.4 Å². The Bertz CT molecular complexity index is 2510. The molecule has 0 aliphatic carbocycles. The predicted molar refractivity (Wildman–Crippen MR) is 219 cm³/mol. The lowest BCUT2D eigenvalue weighted by molar-refractivity contribution is -0.0912. The molecule has 3 aromatic carbocycles. The summed E-state index contributed by atoms with van der Waals surface area (Å²) in [5.41, 5.74) is 1.28. The lowest BCUT2D eigenvalue weighted by Crippen LogP contribution is -2.43. The summed E-state index contributed by atoms with van der Waals surface area (Å²) in [6, 6.07) is 24.1. The Morgan fingerprint density at radius 2 is 1.29 bits per heavy atom. The zero-order valence-corrected chi connectivity index (χ0v) is 36.1. The number of aromatic nitrogens is 4. The quantitative estimate of drug-likeness (QED) is 0.0480. The average Bonchev–Trinajstić information content (AvgIpc) is 3.74. The Balaban J connectivity index is 0.00000125. The number of rotatable bonds is 15. The molecule has 1 aliphatic rings. The first-order valence-electron chi connectivity index (χ1n) is 17.4. The topological polar surface area (TPSA) is 217 Å². The van der Waals surface area contributed by atoms with Crippen LogP contribution in [0.5, 0.6) is 11.5 Å². The number of ether oxygens (including phenoxy) is 4. The highest BCUT2D eigenvalue weighted by Gasteiger charge is 2.52. The van der Waals surface area contributed by atoms with Gasteiger partial charge in [0.05, 0.1) is 52.3 Å². The van der Waals surface area contributed by atoms with E-state index in [2.05, 4.69) is 30.6 Å². The normalized spacial score (nSPS) is 18.7. The van der Waals surface area contributed by atoms with Gasteiger partial charge in [0.1, 0.15) is 35.6 Å². The number of aliphatic imine (C=N–C) groups is 1. The first kappa shape index (κ1) is 45.3. The van der Waals surface area contributed by atoms with Gasteiger partial charge in [-0.2, -0.15) is 16.8 Å². The van der Waals surface area contributed by atoms with Gasteiger partial charge in [0.2, 0.25) is 9.05 Å². The van der Waals surface area contributed by atoms with Gasteiger partial charge in [-0.25, -0.2) is 28.4 Å². The molecule has 3 heterocycles. The molecule has 0 radical (unpaired) electrons. The number of imidazole rings is 1. The van der Waals surface area contributed by atoms with Crippen LogP contribution in [0.15, 0.2) is 96.5 Å². The van der Waals surface area contributed by atoms with Crippen LogP contribution in [0.2, 0.25) is 0 Å². The number of fused-ring (bicyclic) bond motifs is 1. The Kier molecular flexibility index (Phi) is 14.4. The second-order valence-electron chi connectivity index (χ2n) is 13.3. The van der Waals surface area contributed by atoms with Crippen LogP contribution in [-0.4, -0.2) is 128 Å². The summed E-state index contributed by atoms with van der Waals surface area (Å²) in [7, 11) is -0.423. The molecule has 18 nitrogen and oxygen atoms in total. The Labute approximate surface area is 347 Å². The van der Waals surface area contributed by atoms with Crippen molar-refractivity contribution in [3.05, 3.63) is 108 Å². The van der Waals surface area contributed by atoms with Gasteiger partial charge in [0.15, 0.2) is 29.3 Å². The fourth-order valence-electron chi connectivity index (χ4n) is 6.26. The van der Waals surface area contributed by atoms with E-state index in [9.17, 15) is 25.3 Å². The molecular formula is C37H43ClN6O12S3. The highest BCUT2D eigenvalue weighted by Crippen LogP contribution is 2.44. The van der Waals surface area contributed by atoms with Crippen LogP contribution in [0.3, 0.4) is 0 Å². The summed E-state index contributed by atoms with van der Waals surface area (Å²) in [6.07, 6.45) is 1.18. The molecule has 1 fully saturated rings. The third kappa shape index (κ3) is 11.7. The average molecular weight is 895 g/mol. The van der Waals surface area contributed by atoms with Gasteiger partial charge in [-0.15, -0.1) is 0 Å². The largest absolute Gasteiger partial charge is 0.497 e. The molecule has 2 aromatic heterocycles. The van der Waals surface area contributed by atoms with Crippen molar-refractivity contribution in [3.8, 4) is 11.5 Å². The third-order valence-corrected chi connectivity index (χ3v) is 9.66. The van der Waals surface area contributed by atoms with Crippen molar-refractivity contribution in [1.29, 1.82) is 0 Å². The number of hydrogen-bond acceptors (Lipinski definition) is 16. The third-order valence-electron chi connectivity index (χ3n) is 8.52. The molecule has 0 bridgehead atoms. The SMILES string of the molecule is COc1ccc(C(OC[C@H]2O[C@@H](n3cnc4c(N=CN(C)C)ncnc43)[C@H](OS(C)(=O)=O)[C@@H]2OS(C)(=O)=O)(c2ccccc2)c2ccc(OC)cc2)cc1.CS(=O)(=O)Cl. The van der Waals surface area contributed by atoms with E-state index >= 15 is 0 Å². The van der Waals surface area contributed by atoms with Gasteiger partial charge in [-0.05, 0) is 41.0 Å². The van der Waals surface area contributed by atoms with Crippen LogP contribution in [0.4, 0.5) is 5.82 Å². The summed E-state index contributed by atoms with van der Waals surface area (Å²) in [4.78, 5) is 19.1. The van der Waals surface area contributed by atoms with Crippen molar-refractivity contribution in [3.63, 3.8) is 0 Å². The van der Waals surface area contributed by atoms with Gasteiger partial charge in [-0.3, -0.25) is 12.9 Å². The first-order valence-corrected chi connectivity index (χ1v) is 23.8. The number of halogens is 1. The summed E-state index contributed by atoms with van der Waals surface area (Å²) < 4.78 is 107. The van der Waals surface area contributed by atoms with Crippen LogP contribution in [0.25, 0.3) is 11.2 Å². The van der Waals surface area contributed by atoms with Crippen molar-refractivity contribution < 1.29 is 52.6 Å². The van der Waals surface area contributed by atoms with Crippen molar-refractivity contribution in [2.45, 2.75) is 30.1 Å². The molecule has 0 unspecified atom stereocenters. The van der Waals surface area contributed by atoms with Gasteiger partial charge >= 0.3 is 0 Å². The lowest BCUT2D eigenvalue weighted by Gasteiger charge is -2.37. The molecule has 59 heavy (non-hydrogen) atoms. The maximum Gasteiger partial charge on any atom is 0.264 e. The molecule has 22 heteroatoms. The van der Waals surface area contributed by atoms with E-state index in [1.54, 1.807) is 57.5 Å². The van der Waals surface area contributed by atoms with Crippen molar-refractivity contribution >= 4 is 63.3 Å². The van der Waals surface area contributed by atoms with E-state index in [4.69, 9.17) is 27.3 Å². The Hall–Kier alpha value is -4.74. The fourth-order valence-corrected chi connectivity index (χ4v) is 7.51. The number of hydrogen-bond donors (Lipinski definition) is 0. The molecule has 318 valence electrons. The van der Waals surface area contributed by atoms with Gasteiger partial charge in [-0.1, -0.05) is 54.6 Å². The smallest absolute Gasteiger partial charge is 0.264 e. The second-order valence-corrected chi connectivity index (χ2v) is 19.6. The lowest BCUT2D eigenvalue weighted by atomic mass is 9.80. The number of benzene rings is 3. The second kappa shape index (κ2) is 18.7. The minimum absolute atomic E-state index is 0.220. The summed E-state index contributed by atoms with van der Waals surface area (Å²) in [5, 5.41) is 0. The van der Waals surface area contributed by atoms with Crippen LogP contribution < -0.4 is 9.47 Å². The van der Waals surface area contributed by atoms with E-state index in [0.717, 1.165) is 24.3 Å². The molecule has 0 saturated carbocycles. The molecule has 4 atom stereocenters. The van der Waals surface area contributed by atoms with Crippen LogP contribution in [0.1, 0.15) is 22.9 Å². The van der Waals surface area contributed by atoms with Crippen LogP contribution >= 0.6 is 10.7 Å². The number of methoxy groups -OCH3 is 2. The molecule has 0 spiro atoms. The minimum atomic E-state index is -4.22. The fraction of sp³-hybridized carbons (Fsp3) is 0.351.